The van der Waals surface area contributed by atoms with Gasteiger partial charge in [-0.2, -0.15) is 13.2 Å². The Morgan fingerprint density at radius 2 is 1.69 bits per heavy atom. The number of amides is 2. The van der Waals surface area contributed by atoms with Gasteiger partial charge >= 0.3 is 6.18 Å². The van der Waals surface area contributed by atoms with Crippen molar-refractivity contribution in [2.45, 2.75) is 18.6 Å². The summed E-state index contributed by atoms with van der Waals surface area (Å²) >= 11 is 0. The largest absolute Gasteiger partial charge is 0.416 e. The first-order valence-electron chi connectivity index (χ1n) is 7.43. The number of hydrogen-bond acceptors (Lipinski definition) is 4. The second kappa shape index (κ2) is 9.84. The van der Waals surface area contributed by atoms with Gasteiger partial charge in [-0.15, -0.1) is 24.8 Å². The van der Waals surface area contributed by atoms with Crippen LogP contribution in [0.5, 0.6) is 0 Å². The minimum Gasteiger partial charge on any atom is -0.370 e. The molecule has 0 radical (unpaired) electrons. The number of primary amides is 1. The van der Waals surface area contributed by atoms with Gasteiger partial charge in [0.05, 0.1) is 18.0 Å². The molecule has 0 aliphatic carbocycles. The summed E-state index contributed by atoms with van der Waals surface area (Å²) in [6.45, 7) is 1.41. The maximum absolute atomic E-state index is 12.8. The lowest BCUT2D eigenvalue weighted by Crippen LogP contribution is -2.53. The van der Waals surface area contributed by atoms with Crippen molar-refractivity contribution in [3.05, 3.63) is 29.8 Å². The third-order valence-corrected chi connectivity index (χ3v) is 3.87. The third-order valence-electron chi connectivity index (χ3n) is 3.87. The van der Waals surface area contributed by atoms with Gasteiger partial charge in [-0.05, 0) is 18.2 Å². The molecule has 2 amide bonds. The maximum atomic E-state index is 12.8. The summed E-state index contributed by atoms with van der Waals surface area (Å²) in [4.78, 5) is 26.2. The fourth-order valence-electron chi connectivity index (χ4n) is 2.60. The first kappa shape index (κ1) is 24.3. The van der Waals surface area contributed by atoms with Crippen LogP contribution in [0.1, 0.15) is 12.0 Å². The number of carbonyl (C=O) groups is 2. The molecule has 0 spiro atoms. The highest BCUT2D eigenvalue weighted by atomic mass is 35.5. The van der Waals surface area contributed by atoms with Gasteiger partial charge in [0.1, 0.15) is 0 Å². The van der Waals surface area contributed by atoms with Crippen molar-refractivity contribution >= 4 is 42.3 Å². The van der Waals surface area contributed by atoms with Crippen molar-refractivity contribution in [2.75, 3.05) is 31.1 Å². The Hall–Kier alpha value is -1.71. The molecule has 1 atom stereocenters. The molecule has 26 heavy (non-hydrogen) atoms. The predicted molar refractivity (Wildman–Crippen MR) is 96.5 cm³/mol. The first-order valence-corrected chi connectivity index (χ1v) is 7.43. The number of nitrogens with zero attached hydrogens (tertiary/aromatic N) is 2. The van der Waals surface area contributed by atoms with Crippen LogP contribution in [0.2, 0.25) is 0 Å². The van der Waals surface area contributed by atoms with E-state index in [2.05, 4.69) is 0 Å². The van der Waals surface area contributed by atoms with Gasteiger partial charge in [-0.25, -0.2) is 0 Å². The first-order chi connectivity index (χ1) is 11.2. The molecule has 1 aromatic rings. The van der Waals surface area contributed by atoms with Gasteiger partial charge in [0.15, 0.2) is 0 Å². The summed E-state index contributed by atoms with van der Waals surface area (Å²) in [5.74, 6) is -1.03. The van der Waals surface area contributed by atoms with Crippen LogP contribution in [0, 0.1) is 0 Å². The van der Waals surface area contributed by atoms with Gasteiger partial charge in [0.2, 0.25) is 11.8 Å². The number of halogens is 5. The molecule has 1 aliphatic heterocycles. The Kier molecular flexibility index (Phi) is 9.19. The van der Waals surface area contributed by atoms with E-state index in [0.29, 0.717) is 31.9 Å². The molecular formula is C15H21Cl2F3N4O2. The molecule has 0 bridgehead atoms. The van der Waals surface area contributed by atoms with Crippen molar-refractivity contribution in [3.8, 4) is 0 Å². The Morgan fingerprint density at radius 3 is 2.19 bits per heavy atom. The zero-order valence-corrected chi connectivity index (χ0v) is 15.4. The van der Waals surface area contributed by atoms with Crippen molar-refractivity contribution in [1.29, 1.82) is 0 Å². The SMILES string of the molecule is Cl.Cl.NC(=O)CC(N)C(=O)N1CCN(c2cccc(C(F)(F)F)c2)CC1. The van der Waals surface area contributed by atoms with E-state index in [9.17, 15) is 22.8 Å². The number of carbonyl (C=O) groups excluding carboxylic acids is 2. The van der Waals surface area contributed by atoms with Crippen LogP contribution in [-0.2, 0) is 15.8 Å². The highest BCUT2D eigenvalue weighted by Gasteiger charge is 2.31. The number of alkyl halides is 3. The van der Waals surface area contributed by atoms with Crippen LogP contribution >= 0.6 is 24.8 Å². The van der Waals surface area contributed by atoms with Crippen molar-refractivity contribution in [1.82, 2.24) is 4.90 Å². The molecule has 148 valence electrons. The van der Waals surface area contributed by atoms with Gasteiger partial charge < -0.3 is 21.3 Å². The molecular weight excluding hydrogens is 396 g/mol. The van der Waals surface area contributed by atoms with E-state index in [-0.39, 0.29) is 37.1 Å². The molecule has 0 saturated carbocycles. The summed E-state index contributed by atoms with van der Waals surface area (Å²) in [6.07, 6.45) is -4.62. The quantitative estimate of drug-likeness (QED) is 0.775. The number of hydrogen-bond donors (Lipinski definition) is 2. The van der Waals surface area contributed by atoms with Gasteiger partial charge in [0, 0.05) is 31.9 Å². The summed E-state index contributed by atoms with van der Waals surface area (Å²) in [7, 11) is 0. The molecule has 0 aromatic heterocycles. The lowest BCUT2D eigenvalue weighted by molar-refractivity contribution is -0.137. The fraction of sp³-hybridized carbons (Fsp3) is 0.467. The lowest BCUT2D eigenvalue weighted by atomic mass is 10.1. The van der Waals surface area contributed by atoms with Crippen LogP contribution in [0.3, 0.4) is 0 Å². The molecule has 1 unspecified atom stereocenters. The Morgan fingerprint density at radius 1 is 1.12 bits per heavy atom. The minimum atomic E-state index is -4.39. The molecule has 11 heteroatoms. The third kappa shape index (κ3) is 6.22. The van der Waals surface area contributed by atoms with Crippen LogP contribution in [-0.4, -0.2) is 48.9 Å². The summed E-state index contributed by atoms with van der Waals surface area (Å²) in [5, 5.41) is 0. The average molecular weight is 417 g/mol. The van der Waals surface area contributed by atoms with E-state index in [1.165, 1.54) is 11.0 Å². The van der Waals surface area contributed by atoms with Crippen molar-refractivity contribution < 1.29 is 22.8 Å². The Balaban J connectivity index is 0.00000312. The molecule has 1 fully saturated rings. The highest BCUT2D eigenvalue weighted by molar-refractivity contribution is 5.87. The Bertz CT molecular complexity index is 623. The highest BCUT2D eigenvalue weighted by Crippen LogP contribution is 2.31. The number of piperazine rings is 1. The standard InChI is InChI=1S/C15H19F3N4O2.2ClH/c16-15(17,18)10-2-1-3-11(8-10)21-4-6-22(7-5-21)14(24)12(19)9-13(20)23;;/h1-3,8,12H,4-7,9,19H2,(H2,20,23);2*1H. The van der Waals surface area contributed by atoms with E-state index in [1.54, 1.807) is 11.0 Å². The van der Waals surface area contributed by atoms with E-state index in [0.717, 1.165) is 12.1 Å². The molecule has 4 N–H and O–H groups in total. The van der Waals surface area contributed by atoms with Gasteiger partial charge in [-0.1, -0.05) is 6.07 Å². The molecule has 1 saturated heterocycles. The second-order valence-electron chi connectivity index (χ2n) is 5.64. The monoisotopic (exact) mass is 416 g/mol. The number of benzene rings is 1. The topological polar surface area (TPSA) is 92.7 Å². The summed E-state index contributed by atoms with van der Waals surface area (Å²) < 4.78 is 38.3. The summed E-state index contributed by atoms with van der Waals surface area (Å²) in [5.41, 5.74) is 10.4. The van der Waals surface area contributed by atoms with Crippen LogP contribution in [0.25, 0.3) is 0 Å². The van der Waals surface area contributed by atoms with E-state index in [1.807, 2.05) is 0 Å². The van der Waals surface area contributed by atoms with E-state index < -0.39 is 23.7 Å². The predicted octanol–water partition coefficient (Wildman–Crippen LogP) is 1.40. The van der Waals surface area contributed by atoms with E-state index >= 15 is 0 Å². The second-order valence-corrected chi connectivity index (χ2v) is 5.64. The van der Waals surface area contributed by atoms with Gasteiger partial charge in [0.25, 0.3) is 0 Å². The number of rotatable bonds is 4. The van der Waals surface area contributed by atoms with Crippen LogP contribution in [0.4, 0.5) is 18.9 Å². The number of anilines is 1. The minimum absolute atomic E-state index is 0. The fourth-order valence-corrected chi connectivity index (χ4v) is 2.60. The molecule has 2 rings (SSSR count). The average Bonchev–Trinajstić information content (AvgIpc) is 2.53. The Labute approximate surface area is 161 Å². The summed E-state index contributed by atoms with van der Waals surface area (Å²) in [6, 6.07) is 4.09. The molecule has 6 nitrogen and oxygen atoms in total. The lowest BCUT2D eigenvalue weighted by Gasteiger charge is -2.37. The maximum Gasteiger partial charge on any atom is 0.416 e. The zero-order valence-electron chi connectivity index (χ0n) is 13.7. The van der Waals surface area contributed by atoms with Crippen LogP contribution < -0.4 is 16.4 Å². The van der Waals surface area contributed by atoms with Crippen molar-refractivity contribution in [2.24, 2.45) is 11.5 Å². The van der Waals surface area contributed by atoms with Gasteiger partial charge in [-0.3, -0.25) is 9.59 Å². The zero-order chi connectivity index (χ0) is 17.9. The molecule has 1 heterocycles. The number of nitrogens with two attached hydrogens (primary N) is 2. The molecule has 1 aromatic carbocycles. The van der Waals surface area contributed by atoms with E-state index in [4.69, 9.17) is 11.5 Å². The van der Waals surface area contributed by atoms with Crippen molar-refractivity contribution in [3.63, 3.8) is 0 Å². The normalized spacial score (nSPS) is 15.5. The smallest absolute Gasteiger partial charge is 0.370 e. The van der Waals surface area contributed by atoms with Crippen LogP contribution in [0.15, 0.2) is 24.3 Å². The molecule has 1 aliphatic rings.